The standard InChI is InChI=1S/C61H43N3O/c1-40-31-34-54(46-22-15-21-43(37-46)41-17-5-2-6-18-41)62-61(50-27-12-11-25-48(50)42-19-7-3-8-20-42)63-60(40)51-28-16-30-58-59(51)53-39-45(33-36-57(53)65-58)44-32-35-56-52(38-44)49-26-13-14-29-55(49)64(56)47-23-9-4-10-24-47/h2-30,32-39H,31H2,1H3,(H,62,63)/b54-34+,60-40?. The number of nitrogens with zero attached hydrogens (tertiary/aromatic N) is 2. The number of nitrogens with one attached hydrogen (secondary N) is 1. The number of aliphatic imine (C=N–C) groups is 1. The van der Waals surface area contributed by atoms with Gasteiger partial charge in [-0.25, -0.2) is 4.99 Å². The number of para-hydroxylation sites is 2. The zero-order valence-electron chi connectivity index (χ0n) is 35.9. The Morgan fingerprint density at radius 3 is 1.86 bits per heavy atom. The lowest BCUT2D eigenvalue weighted by atomic mass is 9.94. The highest BCUT2D eigenvalue weighted by Gasteiger charge is 2.22. The molecule has 4 nitrogen and oxygen atoms in total. The minimum atomic E-state index is 0.707. The first-order valence-corrected chi connectivity index (χ1v) is 22.3. The van der Waals surface area contributed by atoms with Gasteiger partial charge >= 0.3 is 0 Å². The molecule has 4 heteroatoms. The van der Waals surface area contributed by atoms with Gasteiger partial charge in [0.2, 0.25) is 0 Å². The monoisotopic (exact) mass is 833 g/mol. The largest absolute Gasteiger partial charge is 0.456 e. The molecule has 0 bridgehead atoms. The highest BCUT2D eigenvalue weighted by atomic mass is 16.3. The second-order valence-corrected chi connectivity index (χ2v) is 16.8. The summed E-state index contributed by atoms with van der Waals surface area (Å²) in [6.45, 7) is 2.23. The fraction of sp³-hybridized carbons (Fsp3) is 0.0328. The predicted molar refractivity (Wildman–Crippen MR) is 272 cm³/mol. The van der Waals surface area contributed by atoms with Crippen molar-refractivity contribution in [2.75, 3.05) is 0 Å². The van der Waals surface area contributed by atoms with Crippen LogP contribution in [0.25, 0.3) is 94.2 Å². The molecular formula is C61H43N3O. The predicted octanol–water partition coefficient (Wildman–Crippen LogP) is 15.9. The molecule has 0 atom stereocenters. The molecule has 1 N–H and O–H groups in total. The number of benzene rings is 9. The quantitative estimate of drug-likeness (QED) is 0.174. The van der Waals surface area contributed by atoms with E-state index in [1.807, 2.05) is 0 Å². The molecule has 3 heterocycles. The summed E-state index contributed by atoms with van der Waals surface area (Å²) in [7, 11) is 0. The summed E-state index contributed by atoms with van der Waals surface area (Å²) in [6, 6.07) is 77.6. The first kappa shape index (κ1) is 38.2. The van der Waals surface area contributed by atoms with E-state index in [9.17, 15) is 0 Å². The minimum Gasteiger partial charge on any atom is -0.456 e. The SMILES string of the molecule is CC1=C(c2cccc3oc4ccc(-c5ccc6c(c5)c5ccccc5n6-c5ccccc5)cc4c23)NC(c2ccccc2-c2ccccc2)=N/C(c2cccc(-c3ccccc3)c2)=C/C1. The molecule has 2 aromatic heterocycles. The van der Waals surface area contributed by atoms with Crippen LogP contribution in [0.4, 0.5) is 0 Å². The maximum absolute atomic E-state index is 6.66. The molecule has 308 valence electrons. The summed E-state index contributed by atoms with van der Waals surface area (Å²) in [5.74, 6) is 0.781. The molecule has 0 fully saturated rings. The van der Waals surface area contributed by atoms with Crippen molar-refractivity contribution < 1.29 is 4.42 Å². The number of fused-ring (bicyclic) bond motifs is 6. The normalized spacial score (nSPS) is 14.0. The van der Waals surface area contributed by atoms with Gasteiger partial charge in [0.15, 0.2) is 0 Å². The van der Waals surface area contributed by atoms with Crippen LogP contribution in [0.15, 0.2) is 239 Å². The van der Waals surface area contributed by atoms with Crippen molar-refractivity contribution in [3.8, 4) is 39.1 Å². The fourth-order valence-electron chi connectivity index (χ4n) is 9.65. The van der Waals surface area contributed by atoms with Crippen LogP contribution in [0.2, 0.25) is 0 Å². The molecule has 0 radical (unpaired) electrons. The van der Waals surface area contributed by atoms with Crippen molar-refractivity contribution in [3.63, 3.8) is 0 Å². The van der Waals surface area contributed by atoms with Crippen LogP contribution in [0.5, 0.6) is 0 Å². The van der Waals surface area contributed by atoms with E-state index in [0.29, 0.717) is 6.42 Å². The van der Waals surface area contributed by atoms with E-state index in [4.69, 9.17) is 9.41 Å². The highest BCUT2D eigenvalue weighted by molar-refractivity contribution is 6.16. The second-order valence-electron chi connectivity index (χ2n) is 16.8. The van der Waals surface area contributed by atoms with Crippen molar-refractivity contribution >= 4 is 61.0 Å². The zero-order valence-corrected chi connectivity index (χ0v) is 35.9. The summed E-state index contributed by atoms with van der Waals surface area (Å²) in [5, 5.41) is 8.58. The zero-order chi connectivity index (χ0) is 43.3. The number of furan rings is 1. The number of amidine groups is 1. The van der Waals surface area contributed by atoms with Gasteiger partial charge in [0, 0.05) is 49.6 Å². The van der Waals surface area contributed by atoms with Crippen LogP contribution >= 0.6 is 0 Å². The van der Waals surface area contributed by atoms with Gasteiger partial charge in [0.1, 0.15) is 17.0 Å². The molecule has 0 amide bonds. The number of allylic oxidation sites excluding steroid dienone is 2. The van der Waals surface area contributed by atoms with Crippen LogP contribution in [0.1, 0.15) is 30.0 Å². The number of rotatable bonds is 7. The maximum Gasteiger partial charge on any atom is 0.138 e. The van der Waals surface area contributed by atoms with E-state index >= 15 is 0 Å². The Balaban J connectivity index is 1.01. The van der Waals surface area contributed by atoms with Crippen molar-refractivity contribution in [3.05, 3.63) is 247 Å². The van der Waals surface area contributed by atoms with Gasteiger partial charge < -0.3 is 14.3 Å². The molecule has 0 spiro atoms. The van der Waals surface area contributed by atoms with Gasteiger partial charge in [-0.15, -0.1) is 0 Å². The summed E-state index contributed by atoms with van der Waals surface area (Å²) < 4.78 is 9.02. The summed E-state index contributed by atoms with van der Waals surface area (Å²) in [5.41, 5.74) is 18.4. The Hall–Kier alpha value is -8.47. The molecule has 12 rings (SSSR count). The Kier molecular flexibility index (Phi) is 9.42. The van der Waals surface area contributed by atoms with Gasteiger partial charge in [-0.3, -0.25) is 0 Å². The molecule has 0 saturated carbocycles. The van der Waals surface area contributed by atoms with Crippen molar-refractivity contribution in [2.45, 2.75) is 13.3 Å². The average Bonchev–Trinajstić information content (AvgIpc) is 3.92. The summed E-state index contributed by atoms with van der Waals surface area (Å²) in [4.78, 5) is 5.57. The van der Waals surface area contributed by atoms with Gasteiger partial charge in [-0.05, 0) is 107 Å². The van der Waals surface area contributed by atoms with E-state index in [1.54, 1.807) is 0 Å². The lowest BCUT2D eigenvalue weighted by Gasteiger charge is -2.22. The van der Waals surface area contributed by atoms with Crippen LogP contribution < -0.4 is 5.32 Å². The van der Waals surface area contributed by atoms with E-state index in [1.165, 1.54) is 32.9 Å². The Bertz CT molecular complexity index is 3700. The van der Waals surface area contributed by atoms with Gasteiger partial charge in [0.25, 0.3) is 0 Å². The third-order valence-electron chi connectivity index (χ3n) is 12.8. The lowest BCUT2D eigenvalue weighted by molar-refractivity contribution is 0.669. The Labute approximate surface area is 377 Å². The smallest absolute Gasteiger partial charge is 0.138 e. The van der Waals surface area contributed by atoms with Gasteiger partial charge in [-0.1, -0.05) is 170 Å². The molecule has 0 unspecified atom stereocenters. The van der Waals surface area contributed by atoms with E-state index in [-0.39, 0.29) is 0 Å². The van der Waals surface area contributed by atoms with Crippen molar-refractivity contribution in [2.24, 2.45) is 4.99 Å². The van der Waals surface area contributed by atoms with Crippen molar-refractivity contribution in [1.82, 2.24) is 9.88 Å². The van der Waals surface area contributed by atoms with Gasteiger partial charge in [0.05, 0.1) is 16.7 Å². The van der Waals surface area contributed by atoms with Crippen molar-refractivity contribution in [1.29, 1.82) is 0 Å². The maximum atomic E-state index is 6.66. The van der Waals surface area contributed by atoms with E-state index in [0.717, 1.165) is 89.4 Å². The number of hydrogen-bond acceptors (Lipinski definition) is 3. The first-order valence-electron chi connectivity index (χ1n) is 22.3. The van der Waals surface area contributed by atoms with Crippen LogP contribution in [0.3, 0.4) is 0 Å². The average molecular weight is 834 g/mol. The third-order valence-corrected chi connectivity index (χ3v) is 12.8. The molecule has 1 aliphatic heterocycles. The molecule has 65 heavy (non-hydrogen) atoms. The number of hydrogen-bond donors (Lipinski definition) is 1. The second kappa shape index (κ2) is 16.0. The number of aromatic nitrogens is 1. The topological polar surface area (TPSA) is 42.5 Å². The van der Waals surface area contributed by atoms with E-state index < -0.39 is 0 Å². The molecule has 0 aliphatic carbocycles. The summed E-state index contributed by atoms with van der Waals surface area (Å²) >= 11 is 0. The fourth-order valence-corrected chi connectivity index (χ4v) is 9.65. The van der Waals surface area contributed by atoms with Crippen LogP contribution in [-0.4, -0.2) is 10.4 Å². The summed E-state index contributed by atoms with van der Waals surface area (Å²) in [6.07, 6.45) is 2.99. The third kappa shape index (κ3) is 6.84. The Morgan fingerprint density at radius 1 is 0.446 bits per heavy atom. The van der Waals surface area contributed by atoms with Gasteiger partial charge in [-0.2, -0.15) is 0 Å². The molecule has 0 saturated heterocycles. The lowest BCUT2D eigenvalue weighted by Crippen LogP contribution is -2.26. The molecule has 9 aromatic carbocycles. The minimum absolute atomic E-state index is 0.707. The Morgan fingerprint density at radius 2 is 1.05 bits per heavy atom. The van der Waals surface area contributed by atoms with E-state index in [2.05, 4.69) is 241 Å². The highest BCUT2D eigenvalue weighted by Crippen LogP contribution is 2.40. The first-order chi connectivity index (χ1) is 32.1. The van der Waals surface area contributed by atoms with Crippen LogP contribution in [0, 0.1) is 0 Å². The molecular weight excluding hydrogens is 791 g/mol. The molecule has 11 aromatic rings. The van der Waals surface area contributed by atoms with Crippen LogP contribution in [-0.2, 0) is 0 Å². The molecule has 1 aliphatic rings.